The molecule has 3 rings (SSSR count). The number of methoxy groups -OCH3 is 1. The lowest BCUT2D eigenvalue weighted by Crippen LogP contribution is -2.40. The lowest BCUT2D eigenvalue weighted by Gasteiger charge is -2.21. The number of aliphatic carboxylic acids is 1. The summed E-state index contributed by atoms with van der Waals surface area (Å²) in [4.78, 5) is 25.3. The van der Waals surface area contributed by atoms with E-state index >= 15 is 0 Å². The van der Waals surface area contributed by atoms with Crippen molar-refractivity contribution in [3.05, 3.63) is 29.3 Å². The first-order chi connectivity index (χ1) is 10.1. The van der Waals surface area contributed by atoms with Gasteiger partial charge in [-0.15, -0.1) is 0 Å². The molecular weight excluding hydrogens is 274 g/mol. The maximum Gasteiger partial charge on any atom is 0.326 e. The number of hydrogen-bond donors (Lipinski definition) is 1. The monoisotopic (exact) mass is 291 g/mol. The van der Waals surface area contributed by atoms with Gasteiger partial charge in [0.25, 0.3) is 5.91 Å². The van der Waals surface area contributed by atoms with Gasteiger partial charge in [0, 0.05) is 32.1 Å². The van der Waals surface area contributed by atoms with Crippen LogP contribution in [0.5, 0.6) is 5.75 Å². The van der Waals surface area contributed by atoms with Crippen molar-refractivity contribution in [2.75, 3.05) is 20.3 Å². The van der Waals surface area contributed by atoms with E-state index in [0.717, 1.165) is 17.7 Å². The molecule has 1 amide bonds. The van der Waals surface area contributed by atoms with Crippen LogP contribution < -0.4 is 4.74 Å². The van der Waals surface area contributed by atoms with Crippen molar-refractivity contribution < 1.29 is 24.2 Å². The zero-order valence-corrected chi connectivity index (χ0v) is 11.7. The third kappa shape index (κ3) is 2.47. The van der Waals surface area contributed by atoms with Gasteiger partial charge < -0.3 is 19.5 Å². The Balaban J connectivity index is 1.85. The van der Waals surface area contributed by atoms with E-state index in [4.69, 9.17) is 9.47 Å². The highest BCUT2D eigenvalue weighted by atomic mass is 16.5. The maximum absolute atomic E-state index is 12.6. The fraction of sp³-hybridized carbons (Fsp3) is 0.467. The quantitative estimate of drug-likeness (QED) is 0.896. The van der Waals surface area contributed by atoms with Gasteiger partial charge in [0.15, 0.2) is 0 Å². The van der Waals surface area contributed by atoms with Crippen LogP contribution in [-0.2, 0) is 16.0 Å². The highest BCUT2D eigenvalue weighted by Gasteiger charge is 2.40. The number of hydrogen-bond acceptors (Lipinski definition) is 4. The standard InChI is InChI=1S/C15H17NO5/c1-20-11-7-12(15(18)19)16(8-11)14(17)10-2-3-13-9(6-10)4-5-21-13/h2-3,6,11-12H,4-5,7-8H2,1H3,(H,18,19). The first kappa shape index (κ1) is 13.9. The molecule has 2 atom stereocenters. The zero-order chi connectivity index (χ0) is 15.0. The van der Waals surface area contributed by atoms with Gasteiger partial charge in [-0.25, -0.2) is 4.79 Å². The predicted molar refractivity (Wildman–Crippen MR) is 73.5 cm³/mol. The molecule has 1 aromatic rings. The SMILES string of the molecule is COC1CC(C(=O)O)N(C(=O)c2ccc3c(c2)CCO3)C1. The van der Waals surface area contributed by atoms with Crippen LogP contribution in [0.1, 0.15) is 22.3 Å². The highest BCUT2D eigenvalue weighted by molar-refractivity contribution is 5.97. The summed E-state index contributed by atoms with van der Waals surface area (Å²) in [6, 6.07) is 4.43. The second-order valence-electron chi connectivity index (χ2n) is 5.33. The molecule has 6 heteroatoms. The number of benzene rings is 1. The van der Waals surface area contributed by atoms with Crippen LogP contribution in [0.2, 0.25) is 0 Å². The summed E-state index contributed by atoms with van der Waals surface area (Å²) >= 11 is 0. The minimum Gasteiger partial charge on any atom is -0.493 e. The van der Waals surface area contributed by atoms with E-state index in [1.54, 1.807) is 18.2 Å². The number of carboxylic acid groups (broad SMARTS) is 1. The summed E-state index contributed by atoms with van der Waals surface area (Å²) in [7, 11) is 1.53. The summed E-state index contributed by atoms with van der Waals surface area (Å²) in [5, 5.41) is 9.28. The molecule has 0 saturated carbocycles. The van der Waals surface area contributed by atoms with Crippen molar-refractivity contribution in [2.45, 2.75) is 25.0 Å². The van der Waals surface area contributed by atoms with Gasteiger partial charge in [-0.3, -0.25) is 4.79 Å². The van der Waals surface area contributed by atoms with E-state index in [2.05, 4.69) is 0 Å². The fourth-order valence-electron chi connectivity index (χ4n) is 2.91. The summed E-state index contributed by atoms with van der Waals surface area (Å²) < 4.78 is 10.6. The third-order valence-corrected chi connectivity index (χ3v) is 4.08. The van der Waals surface area contributed by atoms with Gasteiger partial charge >= 0.3 is 5.97 Å². The molecule has 1 aromatic carbocycles. The third-order valence-electron chi connectivity index (χ3n) is 4.08. The van der Waals surface area contributed by atoms with Crippen LogP contribution in [0.15, 0.2) is 18.2 Å². The molecule has 0 aliphatic carbocycles. The molecule has 1 fully saturated rings. The van der Waals surface area contributed by atoms with Gasteiger partial charge in [0.05, 0.1) is 12.7 Å². The first-order valence-electron chi connectivity index (χ1n) is 6.92. The summed E-state index contributed by atoms with van der Waals surface area (Å²) in [5.41, 5.74) is 1.50. The van der Waals surface area contributed by atoms with E-state index in [1.165, 1.54) is 12.0 Å². The molecule has 21 heavy (non-hydrogen) atoms. The summed E-state index contributed by atoms with van der Waals surface area (Å²) in [5.74, 6) is -0.457. The minimum absolute atomic E-state index is 0.229. The number of carbonyl (C=O) groups is 2. The number of amides is 1. The number of likely N-dealkylation sites (tertiary alicyclic amines) is 1. The van der Waals surface area contributed by atoms with Gasteiger partial charge in [-0.2, -0.15) is 0 Å². The van der Waals surface area contributed by atoms with Crippen molar-refractivity contribution in [2.24, 2.45) is 0 Å². The smallest absolute Gasteiger partial charge is 0.326 e. The number of carboxylic acids is 1. The lowest BCUT2D eigenvalue weighted by molar-refractivity contribution is -0.141. The topological polar surface area (TPSA) is 76.1 Å². The number of carbonyl (C=O) groups excluding carboxylic acids is 1. The molecule has 1 N–H and O–H groups in total. The Hall–Kier alpha value is -2.08. The van der Waals surface area contributed by atoms with Gasteiger partial charge in [0.1, 0.15) is 11.8 Å². The average molecular weight is 291 g/mol. The van der Waals surface area contributed by atoms with E-state index in [1.807, 2.05) is 0 Å². The predicted octanol–water partition coefficient (Wildman–Crippen LogP) is 0.936. The van der Waals surface area contributed by atoms with Crippen LogP contribution in [0.3, 0.4) is 0 Å². The fourth-order valence-corrected chi connectivity index (χ4v) is 2.91. The number of ether oxygens (including phenoxy) is 2. The maximum atomic E-state index is 12.6. The van der Waals surface area contributed by atoms with Gasteiger partial charge in [0.2, 0.25) is 0 Å². The molecule has 0 radical (unpaired) electrons. The van der Waals surface area contributed by atoms with Crippen molar-refractivity contribution >= 4 is 11.9 Å². The molecule has 6 nitrogen and oxygen atoms in total. The molecule has 0 aromatic heterocycles. The molecule has 0 bridgehead atoms. The van der Waals surface area contributed by atoms with Crippen molar-refractivity contribution in [1.29, 1.82) is 0 Å². The Bertz CT molecular complexity index is 585. The lowest BCUT2D eigenvalue weighted by atomic mass is 10.1. The largest absolute Gasteiger partial charge is 0.493 e. The molecule has 2 heterocycles. The zero-order valence-electron chi connectivity index (χ0n) is 11.7. The van der Waals surface area contributed by atoms with Crippen LogP contribution in [0.4, 0.5) is 0 Å². The molecule has 112 valence electrons. The van der Waals surface area contributed by atoms with Crippen LogP contribution in [0.25, 0.3) is 0 Å². The minimum atomic E-state index is -0.993. The highest BCUT2D eigenvalue weighted by Crippen LogP contribution is 2.28. The average Bonchev–Trinajstić information content (AvgIpc) is 3.11. The van der Waals surface area contributed by atoms with E-state index in [-0.39, 0.29) is 12.0 Å². The van der Waals surface area contributed by atoms with E-state index < -0.39 is 12.0 Å². The first-order valence-corrected chi connectivity index (χ1v) is 6.92. The molecule has 2 aliphatic rings. The Labute approximate surface area is 122 Å². The van der Waals surface area contributed by atoms with Gasteiger partial charge in [-0.05, 0) is 23.8 Å². The van der Waals surface area contributed by atoms with E-state index in [0.29, 0.717) is 25.1 Å². The Morgan fingerprint density at radius 2 is 2.24 bits per heavy atom. The molecule has 2 aliphatic heterocycles. The molecule has 1 saturated heterocycles. The number of nitrogens with zero attached hydrogens (tertiary/aromatic N) is 1. The van der Waals surface area contributed by atoms with E-state index in [9.17, 15) is 14.7 Å². The Kier molecular flexibility index (Phi) is 3.55. The second-order valence-corrected chi connectivity index (χ2v) is 5.33. The van der Waals surface area contributed by atoms with Gasteiger partial charge in [-0.1, -0.05) is 0 Å². The summed E-state index contributed by atoms with van der Waals surface area (Å²) in [6.07, 6.45) is 0.873. The Morgan fingerprint density at radius 1 is 1.43 bits per heavy atom. The molecule has 0 spiro atoms. The van der Waals surface area contributed by atoms with Crippen LogP contribution >= 0.6 is 0 Å². The summed E-state index contributed by atoms with van der Waals surface area (Å²) in [6.45, 7) is 0.931. The normalized spacial score (nSPS) is 23.8. The van der Waals surface area contributed by atoms with Crippen LogP contribution in [-0.4, -0.2) is 54.3 Å². The van der Waals surface area contributed by atoms with Crippen molar-refractivity contribution in [3.63, 3.8) is 0 Å². The number of rotatable bonds is 3. The Morgan fingerprint density at radius 3 is 2.95 bits per heavy atom. The second kappa shape index (κ2) is 5.37. The molecular formula is C15H17NO5. The number of fused-ring (bicyclic) bond motifs is 1. The van der Waals surface area contributed by atoms with Crippen molar-refractivity contribution in [1.82, 2.24) is 4.90 Å². The van der Waals surface area contributed by atoms with Crippen molar-refractivity contribution in [3.8, 4) is 5.75 Å². The molecule has 2 unspecified atom stereocenters. The van der Waals surface area contributed by atoms with Crippen LogP contribution in [0, 0.1) is 0 Å².